The fourth-order valence-corrected chi connectivity index (χ4v) is 7.74. The Labute approximate surface area is 343 Å². The Balaban J connectivity index is 0.785. The van der Waals surface area contributed by atoms with Crippen LogP contribution in [0.1, 0.15) is 67.8 Å². The number of carbonyl (C=O) groups excluding carboxylic acids is 3. The first-order chi connectivity index (χ1) is 28.4. The molecule has 3 saturated heterocycles. The van der Waals surface area contributed by atoms with E-state index in [1.54, 1.807) is 4.90 Å². The van der Waals surface area contributed by atoms with Gasteiger partial charge in [0, 0.05) is 93.1 Å². The Morgan fingerprint density at radius 2 is 1.63 bits per heavy atom. The van der Waals surface area contributed by atoms with Gasteiger partial charge in [-0.25, -0.2) is 19.7 Å². The number of rotatable bonds is 11. The van der Waals surface area contributed by atoms with Crippen molar-refractivity contribution in [3.8, 4) is 11.3 Å². The van der Waals surface area contributed by atoms with Crippen LogP contribution in [-0.2, 0) is 10.2 Å². The molecular formula is C43H50N12O4. The fourth-order valence-electron chi connectivity index (χ4n) is 7.74. The van der Waals surface area contributed by atoms with Gasteiger partial charge >= 0.3 is 17.8 Å². The smallest absolute Gasteiger partial charge is 0.328 e. The van der Waals surface area contributed by atoms with Crippen LogP contribution >= 0.6 is 0 Å². The van der Waals surface area contributed by atoms with Crippen molar-refractivity contribution < 1.29 is 18.9 Å². The van der Waals surface area contributed by atoms with E-state index >= 15 is 0 Å². The number of nitrogens with zero attached hydrogens (tertiary/aromatic N) is 9. The second kappa shape index (κ2) is 16.4. The van der Waals surface area contributed by atoms with Crippen LogP contribution in [0.4, 0.5) is 33.5 Å². The number of aromatic nitrogens is 5. The molecule has 4 amide bonds. The largest absolute Gasteiger partial charge is 0.369 e. The maximum Gasteiger partial charge on any atom is 0.328 e. The molecule has 3 N–H and O–H groups in total. The number of nitrogens with one attached hydrogen (secondary N) is 3. The Hall–Kier alpha value is -6.42. The second-order valence-electron chi connectivity index (χ2n) is 16.6. The van der Waals surface area contributed by atoms with E-state index in [0.717, 1.165) is 85.3 Å². The SMILES string of the molecule is Cc1cc(-c2cc(Nc3ccc(N4CC(CN5CCN(c6ccc(N7CCC(=O)NC7=O)cc6)CC5)C4)cn3)ncn2)ccc1[C@@H](C)NC(=O)c1nc(C(C)(C)C)no1. The number of imide groups is 1. The third-order valence-electron chi connectivity index (χ3n) is 11.1. The average molecular weight is 799 g/mol. The monoisotopic (exact) mass is 798 g/mol. The molecule has 0 radical (unpaired) electrons. The summed E-state index contributed by atoms with van der Waals surface area (Å²) in [4.78, 5) is 63.4. The van der Waals surface area contributed by atoms with E-state index in [1.165, 1.54) is 6.33 Å². The summed E-state index contributed by atoms with van der Waals surface area (Å²) >= 11 is 0. The van der Waals surface area contributed by atoms with Crippen molar-refractivity contribution in [1.29, 1.82) is 0 Å². The topological polar surface area (TPSA) is 178 Å². The molecule has 16 nitrogen and oxygen atoms in total. The molecule has 1 atom stereocenters. The van der Waals surface area contributed by atoms with Crippen LogP contribution in [0.3, 0.4) is 0 Å². The van der Waals surface area contributed by atoms with Crippen LogP contribution in [0.2, 0.25) is 0 Å². The van der Waals surface area contributed by atoms with E-state index in [0.29, 0.717) is 36.3 Å². The molecule has 5 aromatic rings. The molecular weight excluding hydrogens is 749 g/mol. The van der Waals surface area contributed by atoms with Crippen LogP contribution in [0.25, 0.3) is 11.3 Å². The predicted octanol–water partition coefficient (Wildman–Crippen LogP) is 5.47. The van der Waals surface area contributed by atoms with Gasteiger partial charge < -0.3 is 25.0 Å². The average Bonchev–Trinajstić information content (AvgIpc) is 3.72. The van der Waals surface area contributed by atoms with Crippen molar-refractivity contribution in [3.63, 3.8) is 0 Å². The minimum Gasteiger partial charge on any atom is -0.369 e. The summed E-state index contributed by atoms with van der Waals surface area (Å²) in [6, 6.07) is 19.4. The zero-order chi connectivity index (χ0) is 41.3. The van der Waals surface area contributed by atoms with Gasteiger partial charge in [0.2, 0.25) is 5.91 Å². The minimum atomic E-state index is -0.414. The van der Waals surface area contributed by atoms with Crippen molar-refractivity contribution in [1.82, 2.24) is 40.6 Å². The third-order valence-corrected chi connectivity index (χ3v) is 11.1. The zero-order valence-electron chi connectivity index (χ0n) is 34.1. The van der Waals surface area contributed by atoms with Gasteiger partial charge in [0.25, 0.3) is 0 Å². The normalized spacial score (nSPS) is 17.1. The molecule has 59 heavy (non-hydrogen) atoms. The molecule has 6 heterocycles. The van der Waals surface area contributed by atoms with E-state index in [2.05, 4.69) is 73.9 Å². The van der Waals surface area contributed by atoms with Crippen molar-refractivity contribution in [3.05, 3.63) is 96.0 Å². The number of hydrogen-bond acceptors (Lipinski definition) is 13. The molecule has 8 rings (SSSR count). The summed E-state index contributed by atoms with van der Waals surface area (Å²) in [5.41, 5.74) is 6.39. The van der Waals surface area contributed by atoms with Gasteiger partial charge in [-0.05, 0) is 67.4 Å². The number of carbonyl (C=O) groups is 3. The van der Waals surface area contributed by atoms with Crippen molar-refractivity contribution in [2.24, 2.45) is 5.92 Å². The summed E-state index contributed by atoms with van der Waals surface area (Å²) in [5, 5.41) is 12.6. The molecule has 0 bridgehead atoms. The number of urea groups is 1. The summed E-state index contributed by atoms with van der Waals surface area (Å²) < 4.78 is 5.22. The van der Waals surface area contributed by atoms with Crippen LogP contribution in [0.15, 0.2) is 77.7 Å². The molecule has 2 aromatic carbocycles. The molecule has 16 heteroatoms. The standard InChI is InChI=1S/C43H50N12O4/c1-27-20-30(6-12-34(27)28(2)47-39(57)40-50-41(51-59-40)43(3,4)5)35-21-37(46-26-45-35)48-36-13-11-33(22-44-36)54-24-29(25-54)23-52-16-18-53(19-17-52)31-7-9-32(10-8-31)55-15-14-38(56)49-42(55)58/h6-13,20-22,26,28-29H,14-19,23-25H2,1-5H3,(H,47,57)(H,49,56,58)(H,44,45,46,48)/t28-/m1/s1. The zero-order valence-corrected chi connectivity index (χ0v) is 34.1. The number of hydrogen-bond donors (Lipinski definition) is 3. The maximum absolute atomic E-state index is 12.8. The molecule has 3 aromatic heterocycles. The highest BCUT2D eigenvalue weighted by molar-refractivity contribution is 6.05. The lowest BCUT2D eigenvalue weighted by Crippen LogP contribution is -2.55. The molecule has 3 aliphatic heterocycles. The van der Waals surface area contributed by atoms with E-state index in [1.807, 2.05) is 83.3 Å². The summed E-state index contributed by atoms with van der Waals surface area (Å²) in [7, 11) is 0. The van der Waals surface area contributed by atoms with Gasteiger partial charge in [0.1, 0.15) is 18.0 Å². The summed E-state index contributed by atoms with van der Waals surface area (Å²) in [6.45, 7) is 17.2. The molecule has 306 valence electrons. The van der Waals surface area contributed by atoms with Crippen LogP contribution in [-0.4, -0.2) is 100 Å². The number of piperazine rings is 1. The lowest BCUT2D eigenvalue weighted by Gasteiger charge is -2.45. The van der Waals surface area contributed by atoms with Gasteiger partial charge in [-0.2, -0.15) is 4.98 Å². The van der Waals surface area contributed by atoms with E-state index < -0.39 is 5.91 Å². The minimum absolute atomic E-state index is 0.0524. The first-order valence-corrected chi connectivity index (χ1v) is 20.1. The van der Waals surface area contributed by atoms with Gasteiger partial charge in [0.15, 0.2) is 5.82 Å². The lowest BCUT2D eigenvalue weighted by molar-refractivity contribution is -0.120. The van der Waals surface area contributed by atoms with Crippen molar-refractivity contribution in [2.75, 3.05) is 72.4 Å². The first kappa shape index (κ1) is 39.4. The van der Waals surface area contributed by atoms with Gasteiger partial charge in [-0.15, -0.1) is 0 Å². The molecule has 0 spiro atoms. The maximum atomic E-state index is 12.8. The molecule has 0 unspecified atom stereocenters. The van der Waals surface area contributed by atoms with E-state index in [-0.39, 0.29) is 29.3 Å². The van der Waals surface area contributed by atoms with Crippen LogP contribution in [0, 0.1) is 12.8 Å². The van der Waals surface area contributed by atoms with Gasteiger partial charge in [-0.1, -0.05) is 38.1 Å². The van der Waals surface area contributed by atoms with Crippen molar-refractivity contribution >= 4 is 46.5 Å². The van der Waals surface area contributed by atoms with Crippen LogP contribution in [0.5, 0.6) is 0 Å². The quantitative estimate of drug-likeness (QED) is 0.154. The van der Waals surface area contributed by atoms with E-state index in [9.17, 15) is 14.4 Å². The van der Waals surface area contributed by atoms with Crippen molar-refractivity contribution in [2.45, 2.75) is 52.5 Å². The highest BCUT2D eigenvalue weighted by atomic mass is 16.5. The van der Waals surface area contributed by atoms with Crippen LogP contribution < -0.4 is 30.7 Å². The highest BCUT2D eigenvalue weighted by Gasteiger charge is 2.31. The summed E-state index contributed by atoms with van der Waals surface area (Å²) in [5.74, 6) is 1.74. The molecule has 0 saturated carbocycles. The Kier molecular flexibility index (Phi) is 11.0. The number of benzene rings is 2. The molecule has 0 aliphatic carbocycles. The highest BCUT2D eigenvalue weighted by Crippen LogP contribution is 2.29. The molecule has 3 fully saturated rings. The Bertz CT molecular complexity index is 2310. The second-order valence-corrected chi connectivity index (χ2v) is 16.6. The molecule has 3 aliphatic rings. The van der Waals surface area contributed by atoms with E-state index in [4.69, 9.17) is 4.52 Å². The Morgan fingerprint density at radius 1 is 0.881 bits per heavy atom. The number of aryl methyl sites for hydroxylation is 1. The summed E-state index contributed by atoms with van der Waals surface area (Å²) in [6.07, 6.45) is 3.76. The fraction of sp³-hybridized carbons (Fsp3) is 0.395. The Morgan fingerprint density at radius 3 is 2.31 bits per heavy atom. The van der Waals surface area contributed by atoms with Gasteiger partial charge in [0.05, 0.1) is 23.6 Å². The number of amides is 4. The number of pyridine rings is 1. The predicted molar refractivity (Wildman–Crippen MR) is 225 cm³/mol. The third kappa shape index (κ3) is 9.02. The first-order valence-electron chi connectivity index (χ1n) is 20.1. The number of anilines is 5. The van der Waals surface area contributed by atoms with Gasteiger partial charge in [-0.3, -0.25) is 24.7 Å². The lowest BCUT2D eigenvalue weighted by atomic mass is 9.96.